The zero-order valence-electron chi connectivity index (χ0n) is 14.6. The van der Waals surface area contributed by atoms with Crippen LogP contribution in [-0.2, 0) is 4.74 Å². The van der Waals surface area contributed by atoms with Gasteiger partial charge in [0.25, 0.3) is 0 Å². The summed E-state index contributed by atoms with van der Waals surface area (Å²) in [5.41, 5.74) is 4.62. The van der Waals surface area contributed by atoms with E-state index >= 15 is 0 Å². The Kier molecular flexibility index (Phi) is 5.28. The highest BCUT2D eigenvalue weighted by Gasteiger charge is 2.12. The van der Waals surface area contributed by atoms with Crippen LogP contribution in [0.2, 0.25) is 0 Å². The molecule has 0 fully saturated rings. The molecule has 126 valence electrons. The van der Waals surface area contributed by atoms with Crippen LogP contribution in [0.3, 0.4) is 0 Å². The van der Waals surface area contributed by atoms with Gasteiger partial charge in [-0.3, -0.25) is 9.47 Å². The standard InChI is InChI=1S/C20H25N3O/c1-16(22(2)13-6-14-24-3)17-9-11-18(12-10-17)23-15-21-19-7-4-5-8-20(19)23/h4-5,7-12,15-16H,6,13-14H2,1-3H3/t16-/m1/s1. The van der Waals surface area contributed by atoms with E-state index in [1.165, 1.54) is 5.56 Å². The molecule has 0 saturated heterocycles. The second-order valence-electron chi connectivity index (χ2n) is 6.20. The van der Waals surface area contributed by atoms with E-state index in [0.29, 0.717) is 6.04 Å². The van der Waals surface area contributed by atoms with E-state index in [0.717, 1.165) is 36.3 Å². The highest BCUT2D eigenvalue weighted by atomic mass is 16.5. The summed E-state index contributed by atoms with van der Waals surface area (Å²) >= 11 is 0. The first-order valence-electron chi connectivity index (χ1n) is 8.42. The number of hydrogen-bond acceptors (Lipinski definition) is 3. The van der Waals surface area contributed by atoms with E-state index in [9.17, 15) is 0 Å². The van der Waals surface area contributed by atoms with Gasteiger partial charge in [0.05, 0.1) is 11.0 Å². The van der Waals surface area contributed by atoms with Crippen LogP contribution in [0.15, 0.2) is 54.9 Å². The third kappa shape index (κ3) is 3.50. The predicted octanol–water partition coefficient (Wildman–Crippen LogP) is 4.05. The zero-order valence-corrected chi connectivity index (χ0v) is 14.6. The van der Waals surface area contributed by atoms with Gasteiger partial charge in [0.15, 0.2) is 0 Å². The molecule has 0 spiro atoms. The summed E-state index contributed by atoms with van der Waals surface area (Å²) in [6, 6.07) is 17.3. The van der Waals surface area contributed by atoms with Gasteiger partial charge in [0, 0.05) is 32.0 Å². The fourth-order valence-electron chi connectivity index (χ4n) is 2.98. The molecule has 0 bridgehead atoms. The normalized spacial score (nSPS) is 12.8. The Morgan fingerprint density at radius 3 is 2.62 bits per heavy atom. The maximum atomic E-state index is 5.13. The Bertz CT molecular complexity index is 779. The molecule has 1 atom stereocenters. The minimum atomic E-state index is 0.385. The number of para-hydroxylation sites is 2. The van der Waals surface area contributed by atoms with E-state index in [1.54, 1.807) is 7.11 Å². The number of methoxy groups -OCH3 is 1. The van der Waals surface area contributed by atoms with Crippen molar-refractivity contribution >= 4 is 11.0 Å². The summed E-state index contributed by atoms with van der Waals surface area (Å²) in [5.74, 6) is 0. The Labute approximate surface area is 143 Å². The molecule has 0 aliphatic rings. The van der Waals surface area contributed by atoms with Gasteiger partial charge in [-0.05, 0) is 50.2 Å². The van der Waals surface area contributed by atoms with Crippen LogP contribution in [0.25, 0.3) is 16.7 Å². The first kappa shape index (κ1) is 16.7. The quantitative estimate of drug-likeness (QED) is 0.614. The van der Waals surface area contributed by atoms with Crippen molar-refractivity contribution in [1.29, 1.82) is 0 Å². The van der Waals surface area contributed by atoms with E-state index in [1.807, 2.05) is 24.5 Å². The van der Waals surface area contributed by atoms with Crippen molar-refractivity contribution < 1.29 is 4.74 Å². The predicted molar refractivity (Wildman–Crippen MR) is 98.6 cm³/mol. The highest BCUT2D eigenvalue weighted by molar-refractivity contribution is 5.77. The van der Waals surface area contributed by atoms with Crippen LogP contribution in [0.4, 0.5) is 0 Å². The second kappa shape index (κ2) is 7.60. The summed E-state index contributed by atoms with van der Waals surface area (Å²) in [7, 11) is 3.92. The first-order chi connectivity index (χ1) is 11.7. The maximum Gasteiger partial charge on any atom is 0.100 e. The van der Waals surface area contributed by atoms with Gasteiger partial charge in [0.1, 0.15) is 6.33 Å². The van der Waals surface area contributed by atoms with Crippen LogP contribution in [-0.4, -0.2) is 41.8 Å². The van der Waals surface area contributed by atoms with Gasteiger partial charge >= 0.3 is 0 Å². The summed E-state index contributed by atoms with van der Waals surface area (Å²) in [5, 5.41) is 0. The number of nitrogens with zero attached hydrogens (tertiary/aromatic N) is 3. The number of benzene rings is 2. The second-order valence-corrected chi connectivity index (χ2v) is 6.20. The van der Waals surface area contributed by atoms with Crippen molar-refractivity contribution in [1.82, 2.24) is 14.5 Å². The van der Waals surface area contributed by atoms with E-state index < -0.39 is 0 Å². The average molecular weight is 323 g/mol. The molecule has 0 N–H and O–H groups in total. The Balaban J connectivity index is 1.75. The van der Waals surface area contributed by atoms with Gasteiger partial charge in [-0.25, -0.2) is 4.98 Å². The van der Waals surface area contributed by atoms with Gasteiger partial charge < -0.3 is 4.74 Å². The third-order valence-electron chi connectivity index (χ3n) is 4.63. The molecule has 24 heavy (non-hydrogen) atoms. The molecule has 1 heterocycles. The molecular formula is C20H25N3O. The number of aromatic nitrogens is 2. The fourth-order valence-corrected chi connectivity index (χ4v) is 2.98. The Morgan fingerprint density at radius 1 is 1.12 bits per heavy atom. The number of rotatable bonds is 7. The highest BCUT2D eigenvalue weighted by Crippen LogP contribution is 2.22. The molecule has 0 radical (unpaired) electrons. The van der Waals surface area contributed by atoms with Crippen LogP contribution in [0, 0.1) is 0 Å². The van der Waals surface area contributed by atoms with Gasteiger partial charge in [-0.2, -0.15) is 0 Å². The topological polar surface area (TPSA) is 30.3 Å². The molecule has 0 amide bonds. The van der Waals surface area contributed by atoms with Crippen LogP contribution in [0.5, 0.6) is 0 Å². The van der Waals surface area contributed by atoms with Crippen LogP contribution in [0.1, 0.15) is 24.9 Å². The van der Waals surface area contributed by atoms with Crippen LogP contribution < -0.4 is 0 Å². The van der Waals surface area contributed by atoms with Gasteiger partial charge in [-0.15, -0.1) is 0 Å². The lowest BCUT2D eigenvalue weighted by Crippen LogP contribution is -2.24. The van der Waals surface area contributed by atoms with E-state index in [4.69, 9.17) is 4.74 Å². The molecule has 2 aromatic carbocycles. The van der Waals surface area contributed by atoms with Gasteiger partial charge in [0.2, 0.25) is 0 Å². The molecular weight excluding hydrogens is 298 g/mol. The summed E-state index contributed by atoms with van der Waals surface area (Å²) in [6.45, 7) is 4.08. The van der Waals surface area contributed by atoms with Crippen molar-refractivity contribution in [2.75, 3.05) is 27.3 Å². The smallest absolute Gasteiger partial charge is 0.100 e. The molecule has 0 saturated carbocycles. The lowest BCUT2D eigenvalue weighted by atomic mass is 10.1. The number of fused-ring (bicyclic) bond motifs is 1. The summed E-state index contributed by atoms with van der Waals surface area (Å²) < 4.78 is 7.27. The number of ether oxygens (including phenoxy) is 1. The van der Waals surface area contributed by atoms with E-state index in [-0.39, 0.29) is 0 Å². The molecule has 0 aliphatic heterocycles. The average Bonchev–Trinajstić information content (AvgIpc) is 3.05. The molecule has 0 unspecified atom stereocenters. The molecule has 0 aliphatic carbocycles. The maximum absolute atomic E-state index is 5.13. The molecule has 4 heteroatoms. The third-order valence-corrected chi connectivity index (χ3v) is 4.63. The minimum absolute atomic E-state index is 0.385. The van der Waals surface area contributed by atoms with Gasteiger partial charge in [-0.1, -0.05) is 24.3 Å². The fraction of sp³-hybridized carbons (Fsp3) is 0.350. The molecule has 3 rings (SSSR count). The largest absolute Gasteiger partial charge is 0.385 e. The lowest BCUT2D eigenvalue weighted by molar-refractivity contribution is 0.168. The molecule has 3 aromatic rings. The summed E-state index contributed by atoms with van der Waals surface area (Å²) in [4.78, 5) is 6.83. The monoisotopic (exact) mass is 323 g/mol. The lowest BCUT2D eigenvalue weighted by Gasteiger charge is -2.25. The Morgan fingerprint density at radius 2 is 1.88 bits per heavy atom. The van der Waals surface area contributed by atoms with Crippen molar-refractivity contribution in [2.45, 2.75) is 19.4 Å². The van der Waals surface area contributed by atoms with E-state index in [2.05, 4.69) is 58.8 Å². The molecule has 1 aromatic heterocycles. The zero-order chi connectivity index (χ0) is 16.9. The van der Waals surface area contributed by atoms with Crippen molar-refractivity contribution in [3.05, 3.63) is 60.4 Å². The minimum Gasteiger partial charge on any atom is -0.385 e. The van der Waals surface area contributed by atoms with Crippen molar-refractivity contribution in [3.63, 3.8) is 0 Å². The number of imidazole rings is 1. The first-order valence-corrected chi connectivity index (χ1v) is 8.42. The van der Waals surface area contributed by atoms with Crippen LogP contribution >= 0.6 is 0 Å². The SMILES string of the molecule is COCCCN(C)[C@H](C)c1ccc(-n2cnc3ccccc32)cc1. The molecule has 4 nitrogen and oxygen atoms in total. The number of hydrogen-bond donors (Lipinski definition) is 0. The Hall–Kier alpha value is -2.17. The van der Waals surface area contributed by atoms with Crippen molar-refractivity contribution in [3.8, 4) is 5.69 Å². The van der Waals surface area contributed by atoms with Crippen molar-refractivity contribution in [2.24, 2.45) is 0 Å². The summed E-state index contributed by atoms with van der Waals surface area (Å²) in [6.07, 6.45) is 2.94.